The Hall–Kier alpha value is -0.0800. The van der Waals surface area contributed by atoms with E-state index in [1.807, 2.05) is 0 Å². The molecule has 0 aromatic rings. The molecular formula is C19H36N2. The first kappa shape index (κ1) is 15.8. The van der Waals surface area contributed by atoms with Gasteiger partial charge in [-0.05, 0) is 69.4 Å². The van der Waals surface area contributed by atoms with E-state index in [2.05, 4.69) is 17.6 Å². The summed E-state index contributed by atoms with van der Waals surface area (Å²) in [5.74, 6) is 2.90. The molecule has 3 fully saturated rings. The Morgan fingerprint density at radius 2 is 1.86 bits per heavy atom. The normalized spacial score (nSPS) is 41.3. The largest absolute Gasteiger partial charge is 0.314 e. The van der Waals surface area contributed by atoms with Crippen LogP contribution in [0.4, 0.5) is 0 Å². The summed E-state index contributed by atoms with van der Waals surface area (Å²) in [4.78, 5) is 0. The minimum Gasteiger partial charge on any atom is -0.314 e. The molecule has 21 heavy (non-hydrogen) atoms. The van der Waals surface area contributed by atoms with E-state index in [9.17, 15) is 0 Å². The lowest BCUT2D eigenvalue weighted by Gasteiger charge is -2.33. The van der Waals surface area contributed by atoms with E-state index in [-0.39, 0.29) is 0 Å². The lowest BCUT2D eigenvalue weighted by Crippen LogP contribution is -2.47. The standard InChI is InChI=1S/C19H36N2/c1-15-6-4-7-16(14-15)11-13-21-19-10-5-8-17(19)18-9-2-3-12-20-18/h15-21H,2-14H2,1H3. The van der Waals surface area contributed by atoms with Gasteiger partial charge in [0, 0.05) is 12.1 Å². The molecule has 1 saturated heterocycles. The van der Waals surface area contributed by atoms with Crippen LogP contribution in [0.25, 0.3) is 0 Å². The summed E-state index contributed by atoms with van der Waals surface area (Å²) in [7, 11) is 0. The molecule has 2 saturated carbocycles. The summed E-state index contributed by atoms with van der Waals surface area (Å²) in [6.45, 7) is 4.97. The van der Waals surface area contributed by atoms with Crippen molar-refractivity contribution < 1.29 is 0 Å². The van der Waals surface area contributed by atoms with Gasteiger partial charge in [-0.2, -0.15) is 0 Å². The van der Waals surface area contributed by atoms with Gasteiger partial charge in [-0.3, -0.25) is 0 Å². The summed E-state index contributed by atoms with van der Waals surface area (Å²) in [5, 5.41) is 7.75. The zero-order valence-electron chi connectivity index (χ0n) is 14.1. The lowest BCUT2D eigenvalue weighted by atomic mass is 9.81. The highest BCUT2D eigenvalue weighted by atomic mass is 15.0. The van der Waals surface area contributed by atoms with Crippen molar-refractivity contribution in [2.45, 2.75) is 89.6 Å². The van der Waals surface area contributed by atoms with Crippen molar-refractivity contribution >= 4 is 0 Å². The van der Waals surface area contributed by atoms with Gasteiger partial charge < -0.3 is 10.6 Å². The van der Waals surface area contributed by atoms with Crippen LogP contribution >= 0.6 is 0 Å². The van der Waals surface area contributed by atoms with Crippen LogP contribution < -0.4 is 10.6 Å². The molecule has 2 aliphatic carbocycles. The van der Waals surface area contributed by atoms with Gasteiger partial charge in [0.25, 0.3) is 0 Å². The molecule has 2 nitrogen and oxygen atoms in total. The van der Waals surface area contributed by atoms with Crippen molar-refractivity contribution in [1.29, 1.82) is 0 Å². The number of rotatable bonds is 5. The Kier molecular flexibility index (Phi) is 5.99. The molecule has 0 bridgehead atoms. The monoisotopic (exact) mass is 292 g/mol. The number of hydrogen-bond acceptors (Lipinski definition) is 2. The van der Waals surface area contributed by atoms with E-state index in [1.54, 1.807) is 0 Å². The van der Waals surface area contributed by atoms with E-state index in [0.717, 1.165) is 29.8 Å². The first-order valence-corrected chi connectivity index (χ1v) is 9.79. The molecule has 0 aromatic carbocycles. The quantitative estimate of drug-likeness (QED) is 0.797. The third-order valence-electron chi connectivity index (χ3n) is 6.44. The van der Waals surface area contributed by atoms with Gasteiger partial charge in [0.1, 0.15) is 0 Å². The predicted molar refractivity (Wildman–Crippen MR) is 90.5 cm³/mol. The molecule has 2 heteroatoms. The van der Waals surface area contributed by atoms with Crippen LogP contribution in [-0.2, 0) is 0 Å². The second kappa shape index (κ2) is 7.97. The molecule has 5 atom stereocenters. The van der Waals surface area contributed by atoms with Gasteiger partial charge in [0.05, 0.1) is 0 Å². The second-order valence-electron chi connectivity index (χ2n) is 8.14. The molecule has 2 N–H and O–H groups in total. The minimum absolute atomic E-state index is 0.807. The summed E-state index contributed by atoms with van der Waals surface area (Å²) < 4.78 is 0. The maximum absolute atomic E-state index is 3.95. The van der Waals surface area contributed by atoms with Crippen LogP contribution in [0.1, 0.15) is 77.6 Å². The fraction of sp³-hybridized carbons (Fsp3) is 1.00. The number of hydrogen-bond donors (Lipinski definition) is 2. The van der Waals surface area contributed by atoms with Crippen molar-refractivity contribution in [3.8, 4) is 0 Å². The molecule has 0 aromatic heterocycles. The van der Waals surface area contributed by atoms with Gasteiger partial charge in [-0.15, -0.1) is 0 Å². The van der Waals surface area contributed by atoms with Crippen LogP contribution in [0, 0.1) is 17.8 Å². The Labute approximate surface area is 131 Å². The average molecular weight is 293 g/mol. The van der Waals surface area contributed by atoms with E-state index >= 15 is 0 Å². The van der Waals surface area contributed by atoms with Gasteiger partial charge in [0.2, 0.25) is 0 Å². The van der Waals surface area contributed by atoms with Gasteiger partial charge in [-0.1, -0.05) is 39.0 Å². The highest BCUT2D eigenvalue weighted by Crippen LogP contribution is 2.33. The van der Waals surface area contributed by atoms with Crippen LogP contribution in [0.2, 0.25) is 0 Å². The summed E-state index contributed by atoms with van der Waals surface area (Å²) in [5.41, 5.74) is 0. The topological polar surface area (TPSA) is 24.1 Å². The summed E-state index contributed by atoms with van der Waals surface area (Å²) in [6.07, 6.45) is 15.9. The van der Waals surface area contributed by atoms with Crippen molar-refractivity contribution in [3.05, 3.63) is 0 Å². The van der Waals surface area contributed by atoms with Crippen molar-refractivity contribution in [3.63, 3.8) is 0 Å². The second-order valence-corrected chi connectivity index (χ2v) is 8.14. The maximum atomic E-state index is 3.95. The first-order chi connectivity index (χ1) is 10.3. The Morgan fingerprint density at radius 3 is 2.67 bits per heavy atom. The fourth-order valence-electron chi connectivity index (χ4n) is 5.26. The van der Waals surface area contributed by atoms with E-state index in [4.69, 9.17) is 0 Å². The fourth-order valence-corrected chi connectivity index (χ4v) is 5.26. The molecule has 3 rings (SSSR count). The van der Waals surface area contributed by atoms with Gasteiger partial charge in [-0.25, -0.2) is 0 Å². The smallest absolute Gasteiger partial charge is 0.0110 e. The van der Waals surface area contributed by atoms with Crippen molar-refractivity contribution in [2.24, 2.45) is 17.8 Å². The molecule has 1 heterocycles. The number of nitrogens with one attached hydrogen (secondary N) is 2. The molecular weight excluding hydrogens is 256 g/mol. The highest BCUT2D eigenvalue weighted by Gasteiger charge is 2.33. The first-order valence-electron chi connectivity index (χ1n) is 9.79. The van der Waals surface area contributed by atoms with Gasteiger partial charge >= 0.3 is 0 Å². The zero-order valence-corrected chi connectivity index (χ0v) is 14.1. The summed E-state index contributed by atoms with van der Waals surface area (Å²) in [6, 6.07) is 1.62. The lowest BCUT2D eigenvalue weighted by molar-refractivity contribution is 0.240. The average Bonchev–Trinajstić information content (AvgIpc) is 2.97. The maximum Gasteiger partial charge on any atom is 0.0110 e. The highest BCUT2D eigenvalue weighted by molar-refractivity contribution is 4.92. The van der Waals surface area contributed by atoms with E-state index in [0.29, 0.717) is 0 Å². The van der Waals surface area contributed by atoms with Crippen molar-refractivity contribution in [1.82, 2.24) is 10.6 Å². The molecule has 1 aliphatic heterocycles. The minimum atomic E-state index is 0.807. The summed E-state index contributed by atoms with van der Waals surface area (Å²) >= 11 is 0. The third-order valence-corrected chi connectivity index (χ3v) is 6.44. The molecule has 3 aliphatic rings. The molecule has 122 valence electrons. The van der Waals surface area contributed by atoms with Crippen LogP contribution in [0.5, 0.6) is 0 Å². The molecule has 0 amide bonds. The SMILES string of the molecule is CC1CCCC(CCNC2CCCC2C2CCCCN2)C1. The van der Waals surface area contributed by atoms with Crippen molar-refractivity contribution in [2.75, 3.05) is 13.1 Å². The predicted octanol–water partition coefficient (Wildman–Crippen LogP) is 4.10. The van der Waals surface area contributed by atoms with E-state index < -0.39 is 0 Å². The number of piperidine rings is 1. The van der Waals surface area contributed by atoms with Crippen LogP contribution in [0.3, 0.4) is 0 Å². The van der Waals surface area contributed by atoms with Crippen LogP contribution in [0.15, 0.2) is 0 Å². The molecule has 5 unspecified atom stereocenters. The molecule has 0 radical (unpaired) electrons. The Balaban J connectivity index is 1.39. The third kappa shape index (κ3) is 4.45. The van der Waals surface area contributed by atoms with Crippen LogP contribution in [-0.4, -0.2) is 25.2 Å². The molecule has 0 spiro atoms. The zero-order chi connectivity index (χ0) is 14.5. The Morgan fingerprint density at radius 1 is 0.952 bits per heavy atom. The Bertz CT molecular complexity index is 298. The van der Waals surface area contributed by atoms with E-state index in [1.165, 1.54) is 83.7 Å². The van der Waals surface area contributed by atoms with Gasteiger partial charge in [0.15, 0.2) is 0 Å².